The van der Waals surface area contributed by atoms with Crippen LogP contribution >= 0.6 is 0 Å². The van der Waals surface area contributed by atoms with E-state index in [4.69, 9.17) is 10.8 Å². The largest absolute Gasteiger partial charge is 0.392 e. The van der Waals surface area contributed by atoms with Gasteiger partial charge >= 0.3 is 0 Å². The summed E-state index contributed by atoms with van der Waals surface area (Å²) in [5, 5.41) is 8.95. The smallest absolute Gasteiger partial charge is 0.0667 e. The van der Waals surface area contributed by atoms with Crippen molar-refractivity contribution in [2.45, 2.75) is 12.5 Å². The minimum atomic E-state index is -0.903. The molecule has 0 aromatic rings. The fraction of sp³-hybridized carbons (Fsp3) is 1.00. The van der Waals surface area contributed by atoms with E-state index in [2.05, 4.69) is 0 Å². The van der Waals surface area contributed by atoms with E-state index in [-0.39, 0.29) is 0 Å². The van der Waals surface area contributed by atoms with Gasteiger partial charge in [0.05, 0.1) is 6.10 Å². The van der Waals surface area contributed by atoms with Crippen LogP contribution in [0.2, 0.25) is 0 Å². The Kier molecular flexibility index (Phi) is 4.94. The fourth-order valence-corrected chi connectivity index (χ4v) is 1.26. The third-order valence-electron chi connectivity index (χ3n) is 0.927. The number of hydrogen-bond donors (Lipinski definition) is 2. The maximum atomic E-state index is 10.4. The van der Waals surface area contributed by atoms with Crippen LogP contribution in [0.5, 0.6) is 0 Å². The van der Waals surface area contributed by atoms with E-state index in [1.807, 2.05) is 0 Å². The highest BCUT2D eigenvalue weighted by molar-refractivity contribution is 7.84. The molecule has 0 aliphatic heterocycles. The van der Waals surface area contributed by atoms with E-state index in [9.17, 15) is 4.21 Å². The molecule has 56 valence electrons. The van der Waals surface area contributed by atoms with Gasteiger partial charge in [0.2, 0.25) is 0 Å². The second-order valence-corrected chi connectivity index (χ2v) is 3.45. The maximum Gasteiger partial charge on any atom is 0.0667 e. The first-order valence-corrected chi connectivity index (χ1v) is 4.57. The Morgan fingerprint density at radius 1 is 1.78 bits per heavy atom. The summed E-state index contributed by atoms with van der Waals surface area (Å²) in [7, 11) is -0.903. The van der Waals surface area contributed by atoms with Crippen molar-refractivity contribution < 1.29 is 9.32 Å². The highest BCUT2D eigenvalue weighted by Crippen LogP contribution is 1.90. The van der Waals surface area contributed by atoms with Crippen LogP contribution in [0, 0.1) is 0 Å². The molecule has 2 unspecified atom stereocenters. The van der Waals surface area contributed by atoms with E-state index < -0.39 is 16.9 Å². The third-order valence-corrected chi connectivity index (χ3v) is 1.78. The molecular weight excluding hydrogens is 138 g/mol. The minimum Gasteiger partial charge on any atom is -0.392 e. The molecule has 0 aromatic heterocycles. The standard InChI is InChI=1S/C5H13NO2S/c1-9(8)4-5(7)2-3-6/h5,7H,2-4,6H2,1H3. The molecule has 0 radical (unpaired) electrons. The average Bonchev–Trinajstić information content (AvgIpc) is 1.63. The molecule has 0 aliphatic rings. The van der Waals surface area contributed by atoms with Crippen LogP contribution in [0.25, 0.3) is 0 Å². The molecule has 0 aliphatic carbocycles. The molecule has 2 atom stereocenters. The normalized spacial score (nSPS) is 17.2. The lowest BCUT2D eigenvalue weighted by molar-refractivity contribution is 0.191. The highest BCUT2D eigenvalue weighted by Gasteiger charge is 2.03. The summed E-state index contributed by atoms with van der Waals surface area (Å²) < 4.78 is 10.4. The summed E-state index contributed by atoms with van der Waals surface area (Å²) in [6.45, 7) is 0.457. The van der Waals surface area contributed by atoms with Crippen molar-refractivity contribution in [2.75, 3.05) is 18.6 Å². The molecule has 0 spiro atoms. The molecule has 0 amide bonds. The molecule has 0 aromatic carbocycles. The molecule has 3 N–H and O–H groups in total. The second-order valence-electron chi connectivity index (χ2n) is 1.97. The van der Waals surface area contributed by atoms with Crippen LogP contribution in [0.3, 0.4) is 0 Å². The number of rotatable bonds is 4. The van der Waals surface area contributed by atoms with Crippen molar-refractivity contribution in [3.8, 4) is 0 Å². The van der Waals surface area contributed by atoms with Gasteiger partial charge in [0, 0.05) is 22.8 Å². The molecular formula is C5H13NO2S. The van der Waals surface area contributed by atoms with E-state index in [0.717, 1.165) is 0 Å². The first-order chi connectivity index (χ1) is 4.16. The number of hydrogen-bond acceptors (Lipinski definition) is 3. The van der Waals surface area contributed by atoms with Gasteiger partial charge in [0.15, 0.2) is 0 Å². The SMILES string of the molecule is CS(=O)CC(O)CCN. The van der Waals surface area contributed by atoms with Crippen molar-refractivity contribution in [1.29, 1.82) is 0 Å². The van der Waals surface area contributed by atoms with Crippen molar-refractivity contribution in [3.63, 3.8) is 0 Å². The van der Waals surface area contributed by atoms with Gasteiger partial charge in [0.25, 0.3) is 0 Å². The van der Waals surface area contributed by atoms with Crippen LogP contribution < -0.4 is 5.73 Å². The topological polar surface area (TPSA) is 63.3 Å². The van der Waals surface area contributed by atoms with Crippen LogP contribution in [0.4, 0.5) is 0 Å². The van der Waals surface area contributed by atoms with Crippen LogP contribution in [0.1, 0.15) is 6.42 Å². The third kappa shape index (κ3) is 5.95. The first-order valence-electron chi connectivity index (χ1n) is 2.85. The summed E-state index contributed by atoms with van der Waals surface area (Å²) in [4.78, 5) is 0. The summed E-state index contributed by atoms with van der Waals surface area (Å²) in [5.74, 6) is 0.344. The lowest BCUT2D eigenvalue weighted by Crippen LogP contribution is -2.19. The molecule has 0 saturated carbocycles. The van der Waals surface area contributed by atoms with Crippen LogP contribution in [0.15, 0.2) is 0 Å². The van der Waals surface area contributed by atoms with Crippen LogP contribution in [-0.2, 0) is 10.8 Å². The van der Waals surface area contributed by atoms with Gasteiger partial charge in [-0.3, -0.25) is 4.21 Å². The van der Waals surface area contributed by atoms with Crippen molar-refractivity contribution >= 4 is 10.8 Å². The minimum absolute atomic E-state index is 0.344. The van der Waals surface area contributed by atoms with Crippen molar-refractivity contribution in [3.05, 3.63) is 0 Å². The lowest BCUT2D eigenvalue weighted by atomic mass is 10.3. The molecule has 0 heterocycles. The summed E-state index contributed by atoms with van der Waals surface area (Å²) >= 11 is 0. The van der Waals surface area contributed by atoms with E-state index in [1.165, 1.54) is 0 Å². The Morgan fingerprint density at radius 3 is 2.67 bits per heavy atom. The molecule has 0 rings (SSSR count). The van der Waals surface area contributed by atoms with Crippen molar-refractivity contribution in [2.24, 2.45) is 5.73 Å². The molecule has 0 fully saturated rings. The van der Waals surface area contributed by atoms with Gasteiger partial charge in [-0.1, -0.05) is 0 Å². The molecule has 3 nitrogen and oxygen atoms in total. The first kappa shape index (κ1) is 9.07. The zero-order valence-corrected chi connectivity index (χ0v) is 6.36. The van der Waals surface area contributed by atoms with Gasteiger partial charge < -0.3 is 10.8 Å². The van der Waals surface area contributed by atoms with E-state index >= 15 is 0 Å². The predicted octanol–water partition coefficient (Wildman–Crippen LogP) is -0.925. The van der Waals surface area contributed by atoms with E-state index in [1.54, 1.807) is 6.26 Å². The number of aliphatic hydroxyl groups is 1. The van der Waals surface area contributed by atoms with Gasteiger partial charge in [-0.2, -0.15) is 0 Å². The Hall–Kier alpha value is 0.0700. The second kappa shape index (κ2) is 4.90. The number of aliphatic hydroxyl groups excluding tert-OH is 1. The Bertz CT molecular complexity index is 97.0. The average molecular weight is 151 g/mol. The monoisotopic (exact) mass is 151 g/mol. The quantitative estimate of drug-likeness (QED) is 0.546. The van der Waals surface area contributed by atoms with Crippen LogP contribution in [-0.4, -0.2) is 34.0 Å². The maximum absolute atomic E-state index is 10.4. The van der Waals surface area contributed by atoms with Crippen molar-refractivity contribution in [1.82, 2.24) is 0 Å². The lowest BCUT2D eigenvalue weighted by Gasteiger charge is -2.04. The highest BCUT2D eigenvalue weighted by atomic mass is 32.2. The fourth-order valence-electron chi connectivity index (χ4n) is 0.547. The Morgan fingerprint density at radius 2 is 2.33 bits per heavy atom. The Labute approximate surface area is 57.7 Å². The number of nitrogens with two attached hydrogens (primary N) is 1. The van der Waals surface area contributed by atoms with Gasteiger partial charge in [0.1, 0.15) is 0 Å². The predicted molar refractivity (Wildman–Crippen MR) is 38.6 cm³/mol. The molecule has 9 heavy (non-hydrogen) atoms. The summed E-state index contributed by atoms with van der Waals surface area (Å²) in [6, 6.07) is 0. The molecule has 4 heteroatoms. The Balaban J connectivity index is 3.26. The van der Waals surface area contributed by atoms with Gasteiger partial charge in [-0.05, 0) is 13.0 Å². The zero-order valence-electron chi connectivity index (χ0n) is 5.54. The summed E-state index contributed by atoms with van der Waals surface area (Å²) in [6.07, 6.45) is 1.63. The molecule has 0 saturated heterocycles. The van der Waals surface area contributed by atoms with Gasteiger partial charge in [-0.25, -0.2) is 0 Å². The van der Waals surface area contributed by atoms with E-state index in [0.29, 0.717) is 18.7 Å². The zero-order chi connectivity index (χ0) is 7.28. The summed E-state index contributed by atoms with van der Waals surface area (Å²) in [5.41, 5.74) is 5.15. The van der Waals surface area contributed by atoms with Gasteiger partial charge in [-0.15, -0.1) is 0 Å². The molecule has 0 bridgehead atoms.